The lowest BCUT2D eigenvalue weighted by molar-refractivity contribution is -0.122. The first-order chi connectivity index (χ1) is 15.1. The maximum absolute atomic E-state index is 13.3. The van der Waals surface area contributed by atoms with Gasteiger partial charge in [-0.1, -0.05) is 54.6 Å². The van der Waals surface area contributed by atoms with E-state index in [1.165, 1.54) is 17.3 Å². The van der Waals surface area contributed by atoms with Crippen molar-refractivity contribution in [3.63, 3.8) is 0 Å². The van der Waals surface area contributed by atoms with Gasteiger partial charge < -0.3 is 4.74 Å². The van der Waals surface area contributed by atoms with Crippen LogP contribution in [0.3, 0.4) is 0 Å². The second kappa shape index (κ2) is 9.67. The zero-order valence-electron chi connectivity index (χ0n) is 17.6. The van der Waals surface area contributed by atoms with E-state index in [2.05, 4.69) is 12.1 Å². The molecule has 4 rings (SSSR count). The van der Waals surface area contributed by atoms with Gasteiger partial charge in [0.25, 0.3) is 5.91 Å². The lowest BCUT2D eigenvalue weighted by Crippen LogP contribution is -2.31. The van der Waals surface area contributed by atoms with Crippen molar-refractivity contribution in [1.82, 2.24) is 4.90 Å². The molecule has 0 aliphatic carbocycles. The molecule has 5 heteroatoms. The molecule has 4 nitrogen and oxygen atoms in total. The van der Waals surface area contributed by atoms with Gasteiger partial charge in [-0.2, -0.15) is 0 Å². The fourth-order valence-electron chi connectivity index (χ4n) is 3.43. The highest BCUT2D eigenvalue weighted by molar-refractivity contribution is 8.18. The van der Waals surface area contributed by atoms with Crippen LogP contribution in [0.25, 0.3) is 6.08 Å². The van der Waals surface area contributed by atoms with Gasteiger partial charge in [0.2, 0.25) is 0 Å². The highest BCUT2D eigenvalue weighted by atomic mass is 32.2. The number of amides is 1. The molecule has 1 aliphatic rings. The van der Waals surface area contributed by atoms with Crippen molar-refractivity contribution in [2.75, 3.05) is 13.7 Å². The summed E-state index contributed by atoms with van der Waals surface area (Å²) in [7, 11) is 1.66. The van der Waals surface area contributed by atoms with E-state index < -0.39 is 0 Å². The summed E-state index contributed by atoms with van der Waals surface area (Å²) < 4.78 is 5.35. The number of rotatable bonds is 6. The number of hydrogen-bond donors (Lipinski definition) is 0. The van der Waals surface area contributed by atoms with Crippen LogP contribution in [0.15, 0.2) is 88.8 Å². The van der Waals surface area contributed by atoms with Gasteiger partial charge in [0, 0.05) is 6.54 Å². The van der Waals surface area contributed by atoms with Gasteiger partial charge in [0.15, 0.2) is 5.17 Å². The van der Waals surface area contributed by atoms with Crippen LogP contribution in [0.4, 0.5) is 5.69 Å². The Morgan fingerprint density at radius 3 is 2.39 bits per heavy atom. The minimum atomic E-state index is -0.0101. The van der Waals surface area contributed by atoms with E-state index in [-0.39, 0.29) is 5.91 Å². The molecule has 0 spiro atoms. The second-order valence-electron chi connectivity index (χ2n) is 7.26. The Kier molecular flexibility index (Phi) is 6.53. The van der Waals surface area contributed by atoms with Gasteiger partial charge in [0.05, 0.1) is 17.7 Å². The van der Waals surface area contributed by atoms with E-state index in [1.807, 2.05) is 79.7 Å². The predicted molar refractivity (Wildman–Crippen MR) is 129 cm³/mol. The molecule has 1 heterocycles. The SMILES string of the molecule is COc1ccc(/C=C2/SC(=Nc3ccccc3)N(CCc3ccccc3)C2=O)cc1C. The van der Waals surface area contributed by atoms with Gasteiger partial charge in [-0.15, -0.1) is 0 Å². The topological polar surface area (TPSA) is 41.9 Å². The molecule has 0 saturated carbocycles. The van der Waals surface area contributed by atoms with Crippen molar-refractivity contribution in [2.24, 2.45) is 4.99 Å². The quantitative estimate of drug-likeness (QED) is 0.463. The summed E-state index contributed by atoms with van der Waals surface area (Å²) in [4.78, 5) is 20.5. The van der Waals surface area contributed by atoms with Crippen molar-refractivity contribution in [3.8, 4) is 5.75 Å². The Morgan fingerprint density at radius 2 is 1.71 bits per heavy atom. The third kappa shape index (κ3) is 5.06. The van der Waals surface area contributed by atoms with Gasteiger partial charge in [-0.05, 0) is 72.1 Å². The highest BCUT2D eigenvalue weighted by Crippen LogP contribution is 2.34. The normalized spacial score (nSPS) is 16.3. The monoisotopic (exact) mass is 428 g/mol. The van der Waals surface area contributed by atoms with Gasteiger partial charge in [0.1, 0.15) is 5.75 Å². The molecule has 3 aromatic carbocycles. The number of benzene rings is 3. The molecule has 1 fully saturated rings. The smallest absolute Gasteiger partial charge is 0.266 e. The van der Waals surface area contributed by atoms with Crippen molar-refractivity contribution < 1.29 is 9.53 Å². The Bertz CT molecular complexity index is 1120. The van der Waals surface area contributed by atoms with Crippen molar-refractivity contribution in [2.45, 2.75) is 13.3 Å². The van der Waals surface area contributed by atoms with Crippen LogP contribution in [0.2, 0.25) is 0 Å². The first-order valence-electron chi connectivity index (χ1n) is 10.2. The highest BCUT2D eigenvalue weighted by Gasteiger charge is 2.33. The zero-order chi connectivity index (χ0) is 21.6. The van der Waals surface area contributed by atoms with Gasteiger partial charge >= 0.3 is 0 Å². The van der Waals surface area contributed by atoms with Crippen LogP contribution in [-0.2, 0) is 11.2 Å². The van der Waals surface area contributed by atoms with Crippen molar-refractivity contribution >= 4 is 34.6 Å². The molecule has 1 amide bonds. The lowest BCUT2D eigenvalue weighted by atomic mass is 10.1. The number of thioether (sulfide) groups is 1. The van der Waals surface area contributed by atoms with Crippen LogP contribution in [-0.4, -0.2) is 29.6 Å². The average Bonchev–Trinajstić information content (AvgIpc) is 3.07. The maximum Gasteiger partial charge on any atom is 0.266 e. The summed E-state index contributed by atoms with van der Waals surface area (Å²) in [5, 5.41) is 0.712. The van der Waals surface area contributed by atoms with Crippen LogP contribution in [0.5, 0.6) is 5.75 Å². The molecule has 156 valence electrons. The molecular formula is C26H24N2O2S. The molecule has 0 N–H and O–H groups in total. The van der Waals surface area contributed by atoms with Crippen molar-refractivity contribution in [3.05, 3.63) is 100 Å². The number of nitrogens with zero attached hydrogens (tertiary/aromatic N) is 2. The lowest BCUT2D eigenvalue weighted by Gasteiger charge is -2.15. The summed E-state index contributed by atoms with van der Waals surface area (Å²) >= 11 is 1.42. The standard InChI is InChI=1S/C26H24N2O2S/c1-19-17-21(13-14-23(19)30-2)18-24-25(29)28(16-15-20-9-5-3-6-10-20)26(31-24)27-22-11-7-4-8-12-22/h3-14,17-18H,15-16H2,1-2H3/b24-18+,27-26?. The maximum atomic E-state index is 13.3. The molecule has 0 bridgehead atoms. The van der Waals surface area contributed by atoms with E-state index in [9.17, 15) is 4.79 Å². The summed E-state index contributed by atoms with van der Waals surface area (Å²) in [6.45, 7) is 2.58. The third-order valence-electron chi connectivity index (χ3n) is 5.05. The van der Waals surface area contributed by atoms with Gasteiger partial charge in [-0.25, -0.2) is 4.99 Å². The summed E-state index contributed by atoms with van der Waals surface area (Å²) in [6.07, 6.45) is 2.71. The fourth-order valence-corrected chi connectivity index (χ4v) is 4.45. The van der Waals surface area contributed by atoms with Crippen LogP contribution < -0.4 is 4.74 Å². The number of aliphatic imine (C=N–C) groups is 1. The summed E-state index contributed by atoms with van der Waals surface area (Å²) in [5.41, 5.74) is 4.04. The molecule has 3 aromatic rings. The minimum absolute atomic E-state index is 0.0101. The second-order valence-corrected chi connectivity index (χ2v) is 8.27. The number of amidine groups is 1. The molecule has 1 saturated heterocycles. The molecule has 1 aliphatic heterocycles. The number of carbonyl (C=O) groups is 1. The number of hydrogen-bond acceptors (Lipinski definition) is 4. The first-order valence-corrected chi connectivity index (χ1v) is 11.0. The molecule has 0 aromatic heterocycles. The Balaban J connectivity index is 1.63. The van der Waals surface area contributed by atoms with Gasteiger partial charge in [-0.3, -0.25) is 9.69 Å². The van der Waals surface area contributed by atoms with Crippen LogP contribution >= 0.6 is 11.8 Å². The molecular weight excluding hydrogens is 404 g/mol. The molecule has 31 heavy (non-hydrogen) atoms. The number of aryl methyl sites for hydroxylation is 1. The summed E-state index contributed by atoms with van der Waals surface area (Å²) in [6, 6.07) is 25.9. The van der Waals surface area contributed by atoms with E-state index in [1.54, 1.807) is 12.0 Å². The minimum Gasteiger partial charge on any atom is -0.496 e. The summed E-state index contributed by atoms with van der Waals surface area (Å²) in [5.74, 6) is 0.826. The van der Waals surface area contributed by atoms with Crippen LogP contribution in [0, 0.1) is 6.92 Å². The Labute approximate surface area is 187 Å². The average molecular weight is 429 g/mol. The Morgan fingerprint density at radius 1 is 1.00 bits per heavy atom. The predicted octanol–water partition coefficient (Wildman–Crippen LogP) is 5.85. The van der Waals surface area contributed by atoms with E-state index in [0.717, 1.165) is 29.0 Å². The number of ether oxygens (including phenoxy) is 1. The Hall–Kier alpha value is -3.31. The fraction of sp³-hybridized carbons (Fsp3) is 0.154. The van der Waals surface area contributed by atoms with Crippen molar-refractivity contribution in [1.29, 1.82) is 0 Å². The number of para-hydroxylation sites is 1. The molecule has 0 atom stereocenters. The molecule has 0 radical (unpaired) electrons. The zero-order valence-corrected chi connectivity index (χ0v) is 18.4. The number of methoxy groups -OCH3 is 1. The largest absolute Gasteiger partial charge is 0.496 e. The van der Waals surface area contributed by atoms with E-state index in [4.69, 9.17) is 9.73 Å². The van der Waals surface area contributed by atoms with Crippen LogP contribution in [0.1, 0.15) is 16.7 Å². The first kappa shape index (κ1) is 20.9. The molecule has 0 unspecified atom stereocenters. The number of carbonyl (C=O) groups excluding carboxylic acids is 1. The third-order valence-corrected chi connectivity index (χ3v) is 6.06. The van der Waals surface area contributed by atoms with E-state index >= 15 is 0 Å². The van der Waals surface area contributed by atoms with E-state index in [0.29, 0.717) is 16.6 Å².